The van der Waals surface area contributed by atoms with Crippen molar-refractivity contribution >= 4 is 5.84 Å². The number of methoxy groups -OCH3 is 1. The van der Waals surface area contributed by atoms with Crippen molar-refractivity contribution in [3.8, 4) is 0 Å². The van der Waals surface area contributed by atoms with Crippen LogP contribution >= 0.6 is 0 Å². The average Bonchev–Trinajstić information content (AvgIpc) is 2.92. The fraction of sp³-hybridized carbons (Fsp3) is 0.538. The molecule has 1 aliphatic rings. The van der Waals surface area contributed by atoms with E-state index in [9.17, 15) is 0 Å². The quantitative estimate of drug-likeness (QED) is 0.317. The highest BCUT2D eigenvalue weighted by molar-refractivity contribution is 5.96. The van der Waals surface area contributed by atoms with Crippen LogP contribution in [0.5, 0.6) is 0 Å². The van der Waals surface area contributed by atoms with Gasteiger partial charge in [-0.2, -0.15) is 0 Å². The van der Waals surface area contributed by atoms with E-state index in [1.807, 2.05) is 12.1 Å². The van der Waals surface area contributed by atoms with Gasteiger partial charge in [0.1, 0.15) is 5.69 Å². The Kier molecular flexibility index (Phi) is 4.70. The number of nitrogens with two attached hydrogens (primary N) is 1. The summed E-state index contributed by atoms with van der Waals surface area (Å²) >= 11 is 0. The molecule has 6 heteroatoms. The lowest BCUT2D eigenvalue weighted by molar-refractivity contribution is 0.107. The molecule has 19 heavy (non-hydrogen) atoms. The lowest BCUT2D eigenvalue weighted by Gasteiger charge is -2.14. The van der Waals surface area contributed by atoms with Crippen LogP contribution in [0.1, 0.15) is 30.5 Å². The summed E-state index contributed by atoms with van der Waals surface area (Å²) in [6.45, 7) is 0.653. The Bertz CT molecular complexity index is 450. The molecule has 2 rings (SSSR count). The van der Waals surface area contributed by atoms with Gasteiger partial charge in [-0.1, -0.05) is 11.2 Å². The van der Waals surface area contributed by atoms with Crippen molar-refractivity contribution < 1.29 is 9.94 Å². The monoisotopic (exact) mass is 264 g/mol. The maximum Gasteiger partial charge on any atom is 0.189 e. The molecule has 2 atom stereocenters. The maximum atomic E-state index is 8.75. The van der Waals surface area contributed by atoms with Gasteiger partial charge in [-0.05, 0) is 30.9 Å². The number of ether oxygens (including phenoxy) is 1. The van der Waals surface area contributed by atoms with E-state index in [4.69, 9.17) is 15.7 Å². The number of nitrogens with zero attached hydrogens (tertiary/aromatic N) is 2. The van der Waals surface area contributed by atoms with Gasteiger partial charge >= 0.3 is 0 Å². The number of hydrogen-bond donors (Lipinski definition) is 3. The summed E-state index contributed by atoms with van der Waals surface area (Å²) in [5.74, 6) is 0.0404. The fourth-order valence-electron chi connectivity index (χ4n) is 2.45. The van der Waals surface area contributed by atoms with Crippen molar-refractivity contribution in [1.82, 2.24) is 10.3 Å². The second-order valence-corrected chi connectivity index (χ2v) is 4.74. The molecule has 6 nitrogen and oxygen atoms in total. The van der Waals surface area contributed by atoms with Crippen LogP contribution in [0.25, 0.3) is 0 Å². The summed E-state index contributed by atoms with van der Waals surface area (Å²) in [5.41, 5.74) is 7.07. The molecular weight excluding hydrogens is 244 g/mol. The first-order valence-corrected chi connectivity index (χ1v) is 6.42. The van der Waals surface area contributed by atoms with Crippen molar-refractivity contribution in [2.45, 2.75) is 38.0 Å². The second-order valence-electron chi connectivity index (χ2n) is 4.74. The summed E-state index contributed by atoms with van der Waals surface area (Å²) in [7, 11) is 1.75. The molecule has 1 heterocycles. The van der Waals surface area contributed by atoms with Gasteiger partial charge in [0.05, 0.1) is 6.10 Å². The van der Waals surface area contributed by atoms with Crippen molar-refractivity contribution in [3.05, 3.63) is 29.6 Å². The molecule has 1 aromatic rings. The van der Waals surface area contributed by atoms with E-state index < -0.39 is 0 Å². The van der Waals surface area contributed by atoms with E-state index in [0.717, 1.165) is 24.8 Å². The van der Waals surface area contributed by atoms with E-state index in [0.29, 0.717) is 24.4 Å². The van der Waals surface area contributed by atoms with E-state index in [2.05, 4.69) is 15.5 Å². The van der Waals surface area contributed by atoms with Gasteiger partial charge in [0.15, 0.2) is 5.84 Å². The summed E-state index contributed by atoms with van der Waals surface area (Å²) in [4.78, 5) is 4.15. The van der Waals surface area contributed by atoms with E-state index in [1.54, 1.807) is 13.3 Å². The van der Waals surface area contributed by atoms with Gasteiger partial charge in [0.2, 0.25) is 0 Å². The molecule has 0 aliphatic heterocycles. The topological polar surface area (TPSA) is 92.8 Å². The summed E-state index contributed by atoms with van der Waals surface area (Å²) < 4.78 is 5.35. The number of rotatable bonds is 5. The molecule has 1 saturated carbocycles. The van der Waals surface area contributed by atoms with Gasteiger partial charge in [-0.3, -0.25) is 4.98 Å². The fourth-order valence-corrected chi connectivity index (χ4v) is 2.45. The molecule has 0 aromatic carbocycles. The number of amidine groups is 1. The minimum atomic E-state index is 0.0404. The number of pyridine rings is 1. The predicted octanol–water partition coefficient (Wildman–Crippen LogP) is 0.833. The highest BCUT2D eigenvalue weighted by Crippen LogP contribution is 2.21. The first-order valence-electron chi connectivity index (χ1n) is 6.42. The molecule has 2 unspecified atom stereocenters. The molecule has 1 aliphatic carbocycles. The Morgan fingerprint density at radius 2 is 2.47 bits per heavy atom. The Labute approximate surface area is 112 Å². The minimum absolute atomic E-state index is 0.0404. The third-order valence-corrected chi connectivity index (χ3v) is 3.54. The standard InChI is InChI=1S/C13H20N4O2/c1-19-11-5-4-10(7-11)16-8-9-3-2-6-15-12(9)13(14)17-18/h2-3,6,10-11,16,18H,4-5,7-8H2,1H3,(H2,14,17). The third-order valence-electron chi connectivity index (χ3n) is 3.54. The van der Waals surface area contributed by atoms with Gasteiger partial charge < -0.3 is 21.0 Å². The Morgan fingerprint density at radius 3 is 3.16 bits per heavy atom. The second kappa shape index (κ2) is 6.49. The van der Waals surface area contributed by atoms with Gasteiger partial charge in [0, 0.05) is 25.9 Å². The van der Waals surface area contributed by atoms with Crippen LogP contribution in [0.2, 0.25) is 0 Å². The lowest BCUT2D eigenvalue weighted by Crippen LogP contribution is -2.28. The van der Waals surface area contributed by atoms with E-state index >= 15 is 0 Å². The highest BCUT2D eigenvalue weighted by atomic mass is 16.5. The molecule has 1 aromatic heterocycles. The van der Waals surface area contributed by atoms with Crippen molar-refractivity contribution in [2.75, 3.05) is 7.11 Å². The van der Waals surface area contributed by atoms with Crippen molar-refractivity contribution in [1.29, 1.82) is 0 Å². The van der Waals surface area contributed by atoms with Crippen LogP contribution in [0.3, 0.4) is 0 Å². The zero-order valence-corrected chi connectivity index (χ0v) is 11.0. The maximum absolute atomic E-state index is 8.75. The first kappa shape index (κ1) is 13.8. The van der Waals surface area contributed by atoms with Gasteiger partial charge in [-0.15, -0.1) is 0 Å². The Hall–Kier alpha value is -1.66. The number of aromatic nitrogens is 1. The number of oxime groups is 1. The van der Waals surface area contributed by atoms with Gasteiger partial charge in [0.25, 0.3) is 0 Å². The van der Waals surface area contributed by atoms with Crippen molar-refractivity contribution in [3.63, 3.8) is 0 Å². The van der Waals surface area contributed by atoms with Crippen LogP contribution in [-0.4, -0.2) is 35.3 Å². The number of hydrogen-bond acceptors (Lipinski definition) is 5. The molecule has 104 valence electrons. The summed E-state index contributed by atoms with van der Waals surface area (Å²) in [6.07, 6.45) is 5.21. The zero-order chi connectivity index (χ0) is 13.7. The number of nitrogens with one attached hydrogen (secondary N) is 1. The predicted molar refractivity (Wildman–Crippen MR) is 72.0 cm³/mol. The summed E-state index contributed by atoms with van der Waals surface area (Å²) in [6, 6.07) is 4.22. The normalized spacial score (nSPS) is 23.7. The average molecular weight is 264 g/mol. The Morgan fingerprint density at radius 1 is 1.63 bits per heavy atom. The lowest BCUT2D eigenvalue weighted by atomic mass is 10.1. The smallest absolute Gasteiger partial charge is 0.189 e. The molecule has 0 bridgehead atoms. The SMILES string of the molecule is COC1CCC(NCc2cccnc2/C(N)=N/O)C1. The molecule has 0 spiro atoms. The molecule has 0 amide bonds. The minimum Gasteiger partial charge on any atom is -0.409 e. The Balaban J connectivity index is 1.96. The summed E-state index contributed by atoms with van der Waals surface area (Å²) in [5, 5.41) is 15.2. The van der Waals surface area contributed by atoms with Crippen LogP contribution in [-0.2, 0) is 11.3 Å². The first-order chi connectivity index (χ1) is 9.24. The van der Waals surface area contributed by atoms with E-state index in [-0.39, 0.29) is 5.84 Å². The van der Waals surface area contributed by atoms with Crippen LogP contribution in [0, 0.1) is 0 Å². The van der Waals surface area contributed by atoms with Crippen LogP contribution in [0.4, 0.5) is 0 Å². The van der Waals surface area contributed by atoms with Crippen molar-refractivity contribution in [2.24, 2.45) is 10.9 Å². The third kappa shape index (κ3) is 3.42. The largest absolute Gasteiger partial charge is 0.409 e. The molecule has 0 radical (unpaired) electrons. The van der Waals surface area contributed by atoms with Crippen LogP contribution < -0.4 is 11.1 Å². The van der Waals surface area contributed by atoms with E-state index in [1.165, 1.54) is 0 Å². The molecule has 4 N–H and O–H groups in total. The highest BCUT2D eigenvalue weighted by Gasteiger charge is 2.24. The zero-order valence-electron chi connectivity index (χ0n) is 11.0. The molecule has 0 saturated heterocycles. The van der Waals surface area contributed by atoms with Crippen LogP contribution in [0.15, 0.2) is 23.5 Å². The van der Waals surface area contributed by atoms with Gasteiger partial charge in [-0.25, -0.2) is 0 Å². The molecule has 1 fully saturated rings. The molecular formula is C13H20N4O2.